The van der Waals surface area contributed by atoms with Gasteiger partial charge in [-0.1, -0.05) is 11.6 Å². The molecule has 0 radical (unpaired) electrons. The fourth-order valence-electron chi connectivity index (χ4n) is 4.39. The number of fused-ring (bicyclic) bond motifs is 7. The van der Waals surface area contributed by atoms with E-state index in [9.17, 15) is 10.2 Å². The van der Waals surface area contributed by atoms with Crippen molar-refractivity contribution in [3.05, 3.63) is 58.2 Å². The molecule has 5 rings (SSSR count). The van der Waals surface area contributed by atoms with E-state index in [0.29, 0.717) is 24.5 Å². The summed E-state index contributed by atoms with van der Waals surface area (Å²) >= 11 is 0. The molecule has 2 aromatic rings. The van der Waals surface area contributed by atoms with Gasteiger partial charge in [-0.25, -0.2) is 0 Å². The first-order valence-electron chi connectivity index (χ1n) is 10.3. The lowest BCUT2D eigenvalue weighted by Crippen LogP contribution is -2.27. The van der Waals surface area contributed by atoms with Gasteiger partial charge in [0.15, 0.2) is 11.5 Å². The zero-order valence-electron chi connectivity index (χ0n) is 17.7. The summed E-state index contributed by atoms with van der Waals surface area (Å²) in [6.07, 6.45) is 6.44. The Kier molecular flexibility index (Phi) is 4.07. The van der Waals surface area contributed by atoms with E-state index in [1.165, 1.54) is 5.57 Å². The number of ether oxygens (including phenoxy) is 3. The third-order valence-electron chi connectivity index (χ3n) is 5.97. The summed E-state index contributed by atoms with van der Waals surface area (Å²) < 4.78 is 18.4. The molecule has 2 N–H and O–H groups in total. The molecule has 0 fully saturated rings. The highest BCUT2D eigenvalue weighted by Crippen LogP contribution is 2.57. The molecule has 0 spiro atoms. The van der Waals surface area contributed by atoms with Crippen LogP contribution < -0.4 is 14.2 Å². The Balaban J connectivity index is 1.58. The van der Waals surface area contributed by atoms with Gasteiger partial charge in [0.25, 0.3) is 0 Å². The molecule has 2 aromatic carbocycles. The Bertz CT molecular complexity index is 1110. The predicted molar refractivity (Wildman–Crippen MR) is 115 cm³/mol. The molecule has 3 aliphatic heterocycles. The van der Waals surface area contributed by atoms with Gasteiger partial charge in [-0.15, -0.1) is 0 Å². The molecular formula is C25H26O5. The zero-order chi connectivity index (χ0) is 21.2. The quantitative estimate of drug-likeness (QED) is 0.654. The van der Waals surface area contributed by atoms with Crippen LogP contribution >= 0.6 is 0 Å². The third kappa shape index (κ3) is 2.92. The van der Waals surface area contributed by atoms with Crippen molar-refractivity contribution >= 4 is 6.08 Å². The van der Waals surface area contributed by atoms with Crippen molar-refractivity contribution in [2.24, 2.45) is 0 Å². The van der Waals surface area contributed by atoms with Crippen LogP contribution in [0, 0.1) is 0 Å². The second kappa shape index (κ2) is 6.46. The van der Waals surface area contributed by atoms with Crippen molar-refractivity contribution in [1.29, 1.82) is 0 Å². The summed E-state index contributed by atoms with van der Waals surface area (Å²) in [5.74, 6) is 2.15. The topological polar surface area (TPSA) is 68.2 Å². The zero-order valence-corrected chi connectivity index (χ0v) is 17.7. The van der Waals surface area contributed by atoms with Crippen LogP contribution in [0.5, 0.6) is 28.7 Å². The second-order valence-corrected chi connectivity index (χ2v) is 9.06. The molecule has 2 unspecified atom stereocenters. The van der Waals surface area contributed by atoms with Gasteiger partial charge in [0.1, 0.15) is 29.0 Å². The van der Waals surface area contributed by atoms with E-state index in [2.05, 4.69) is 6.08 Å². The lowest BCUT2D eigenvalue weighted by molar-refractivity contribution is 0.136. The van der Waals surface area contributed by atoms with Gasteiger partial charge < -0.3 is 24.4 Å². The third-order valence-corrected chi connectivity index (χ3v) is 5.97. The maximum Gasteiger partial charge on any atom is 0.173 e. The number of rotatable bonds is 2. The molecule has 30 heavy (non-hydrogen) atoms. The van der Waals surface area contributed by atoms with E-state index in [1.54, 1.807) is 12.1 Å². The SMILES string of the molecule is CC(C)=CCc1cc2c(cc1O)OCC1c3cc(O)c4c(c3OC21)C=CC(C)(C)O4. The van der Waals surface area contributed by atoms with E-state index in [1.807, 2.05) is 45.9 Å². The minimum absolute atomic E-state index is 0.0344. The van der Waals surface area contributed by atoms with Crippen molar-refractivity contribution in [2.45, 2.75) is 51.7 Å². The molecule has 0 bridgehead atoms. The highest BCUT2D eigenvalue weighted by atomic mass is 16.5. The summed E-state index contributed by atoms with van der Waals surface area (Å²) in [4.78, 5) is 0. The molecule has 3 aliphatic rings. The second-order valence-electron chi connectivity index (χ2n) is 9.06. The minimum atomic E-state index is -0.489. The van der Waals surface area contributed by atoms with Gasteiger partial charge >= 0.3 is 0 Å². The van der Waals surface area contributed by atoms with Crippen molar-refractivity contribution in [3.63, 3.8) is 0 Å². The van der Waals surface area contributed by atoms with Crippen LogP contribution in [0.3, 0.4) is 0 Å². The minimum Gasteiger partial charge on any atom is -0.508 e. The van der Waals surface area contributed by atoms with Gasteiger partial charge in [-0.05, 0) is 64.0 Å². The van der Waals surface area contributed by atoms with Crippen LogP contribution in [-0.4, -0.2) is 22.4 Å². The van der Waals surface area contributed by atoms with E-state index < -0.39 is 5.60 Å². The fraction of sp³-hybridized carbons (Fsp3) is 0.360. The van der Waals surface area contributed by atoms with Crippen LogP contribution in [0.2, 0.25) is 0 Å². The van der Waals surface area contributed by atoms with Gasteiger partial charge in [-0.2, -0.15) is 0 Å². The molecule has 156 valence electrons. The number of phenols is 2. The summed E-state index contributed by atoms with van der Waals surface area (Å²) in [7, 11) is 0. The van der Waals surface area contributed by atoms with Gasteiger partial charge in [0.05, 0.1) is 18.1 Å². The Labute approximate surface area is 176 Å². The average Bonchev–Trinajstić information content (AvgIpc) is 3.04. The number of hydrogen-bond donors (Lipinski definition) is 2. The van der Waals surface area contributed by atoms with Crippen LogP contribution in [0.15, 0.2) is 35.9 Å². The first kappa shape index (κ1) is 18.9. The standard InChI is InChI=1S/C25H26O5/c1-13(2)5-6-14-9-17-21(11-19(14)26)28-12-18-16-10-20(27)24-15(22(16)29-23(17)18)7-8-25(3,4)30-24/h5,7-11,18,23,26-27H,6,12H2,1-4H3. The molecular weight excluding hydrogens is 380 g/mol. The fourth-order valence-corrected chi connectivity index (χ4v) is 4.39. The monoisotopic (exact) mass is 406 g/mol. The highest BCUT2D eigenvalue weighted by molar-refractivity contribution is 5.74. The number of hydrogen-bond acceptors (Lipinski definition) is 5. The Morgan fingerprint density at radius 2 is 1.90 bits per heavy atom. The van der Waals surface area contributed by atoms with Crippen LogP contribution in [0.4, 0.5) is 0 Å². The summed E-state index contributed by atoms with van der Waals surface area (Å²) in [6, 6.07) is 5.41. The van der Waals surface area contributed by atoms with Gasteiger partial charge in [0.2, 0.25) is 0 Å². The summed E-state index contributed by atoms with van der Waals surface area (Å²) in [5.41, 5.74) is 4.16. The van der Waals surface area contributed by atoms with Crippen LogP contribution in [-0.2, 0) is 6.42 Å². The molecule has 3 heterocycles. The lowest BCUT2D eigenvalue weighted by Gasteiger charge is -2.29. The molecule has 2 atom stereocenters. The van der Waals surface area contributed by atoms with Crippen molar-refractivity contribution in [3.8, 4) is 28.7 Å². The van der Waals surface area contributed by atoms with E-state index in [-0.39, 0.29) is 23.5 Å². The average molecular weight is 406 g/mol. The molecule has 0 amide bonds. The van der Waals surface area contributed by atoms with Crippen LogP contribution in [0.1, 0.15) is 62.0 Å². The van der Waals surface area contributed by atoms with Crippen LogP contribution in [0.25, 0.3) is 6.08 Å². The Hall–Kier alpha value is -3.08. The smallest absolute Gasteiger partial charge is 0.173 e. The Morgan fingerprint density at radius 1 is 1.10 bits per heavy atom. The summed E-state index contributed by atoms with van der Waals surface area (Å²) in [6.45, 7) is 8.40. The molecule has 0 saturated carbocycles. The number of benzene rings is 2. The van der Waals surface area contributed by atoms with Gasteiger partial charge in [-0.3, -0.25) is 0 Å². The summed E-state index contributed by atoms with van der Waals surface area (Å²) in [5, 5.41) is 21.1. The van der Waals surface area contributed by atoms with E-state index >= 15 is 0 Å². The largest absolute Gasteiger partial charge is 0.508 e. The molecule has 0 saturated heterocycles. The molecule has 5 heteroatoms. The first-order valence-corrected chi connectivity index (χ1v) is 10.3. The normalized spacial score (nSPS) is 21.9. The highest BCUT2D eigenvalue weighted by Gasteiger charge is 2.44. The van der Waals surface area contributed by atoms with E-state index in [4.69, 9.17) is 14.2 Å². The Morgan fingerprint density at radius 3 is 2.67 bits per heavy atom. The molecule has 0 aromatic heterocycles. The first-order chi connectivity index (χ1) is 14.2. The van der Waals surface area contributed by atoms with E-state index in [0.717, 1.165) is 28.0 Å². The number of aromatic hydroxyl groups is 2. The molecule has 0 aliphatic carbocycles. The number of phenolic OH excluding ortho intramolecular Hbond substituents is 2. The lowest BCUT2D eigenvalue weighted by atomic mass is 9.87. The van der Waals surface area contributed by atoms with Crippen molar-refractivity contribution < 1.29 is 24.4 Å². The van der Waals surface area contributed by atoms with Gasteiger partial charge in [0, 0.05) is 17.2 Å². The maximum absolute atomic E-state index is 10.6. The maximum atomic E-state index is 10.6. The number of allylic oxidation sites excluding steroid dienone is 2. The molecule has 5 nitrogen and oxygen atoms in total. The predicted octanol–water partition coefficient (Wildman–Crippen LogP) is 5.40. The van der Waals surface area contributed by atoms with Crippen molar-refractivity contribution in [1.82, 2.24) is 0 Å². The van der Waals surface area contributed by atoms with Crippen molar-refractivity contribution in [2.75, 3.05) is 6.61 Å².